The number of likely N-dealkylation sites (tertiary alicyclic amines) is 1. The van der Waals surface area contributed by atoms with Gasteiger partial charge in [0.15, 0.2) is 0 Å². The molecular weight excluding hydrogens is 292 g/mol. The molecule has 7 heteroatoms. The number of nitrogens with zero attached hydrogens (tertiary/aromatic N) is 5. The molecule has 3 heterocycles. The third kappa shape index (κ3) is 3.10. The molecule has 2 saturated heterocycles. The molecule has 1 amide bonds. The van der Waals surface area contributed by atoms with E-state index in [2.05, 4.69) is 32.1 Å². The topological polar surface area (TPSA) is 64.6 Å². The lowest BCUT2D eigenvalue weighted by Gasteiger charge is -2.49. The highest BCUT2D eigenvalue weighted by atomic mass is 16.2. The number of nitrogens with one attached hydrogen (secondary N) is 1. The third-order valence-electron chi connectivity index (χ3n) is 5.32. The number of amides is 1. The molecule has 1 aromatic heterocycles. The van der Waals surface area contributed by atoms with E-state index in [9.17, 15) is 4.79 Å². The molecule has 23 heavy (non-hydrogen) atoms. The van der Waals surface area contributed by atoms with E-state index in [1.807, 2.05) is 25.1 Å². The van der Waals surface area contributed by atoms with Crippen molar-refractivity contribution in [2.75, 3.05) is 57.5 Å². The van der Waals surface area contributed by atoms with E-state index in [0.29, 0.717) is 6.42 Å². The Morgan fingerprint density at radius 1 is 1.22 bits per heavy atom. The van der Waals surface area contributed by atoms with Crippen molar-refractivity contribution in [3.05, 3.63) is 12.3 Å². The normalized spacial score (nSPS) is 26.5. The Balaban J connectivity index is 1.82. The van der Waals surface area contributed by atoms with Crippen molar-refractivity contribution < 1.29 is 4.79 Å². The van der Waals surface area contributed by atoms with E-state index in [-0.39, 0.29) is 11.4 Å². The Hall–Kier alpha value is -1.89. The van der Waals surface area contributed by atoms with Crippen LogP contribution in [0.5, 0.6) is 0 Å². The van der Waals surface area contributed by atoms with E-state index in [1.165, 1.54) is 0 Å². The van der Waals surface area contributed by atoms with Crippen LogP contribution in [0.4, 0.5) is 11.8 Å². The van der Waals surface area contributed by atoms with Crippen LogP contribution in [0.2, 0.25) is 0 Å². The van der Waals surface area contributed by atoms with Crippen LogP contribution >= 0.6 is 0 Å². The van der Waals surface area contributed by atoms with Crippen LogP contribution < -0.4 is 10.2 Å². The second-order valence-corrected chi connectivity index (χ2v) is 6.62. The number of rotatable bonds is 2. The Labute approximate surface area is 137 Å². The molecule has 1 unspecified atom stereocenters. The highest BCUT2D eigenvalue weighted by molar-refractivity contribution is 5.76. The molecule has 0 aliphatic carbocycles. The number of aromatic nitrogens is 2. The maximum atomic E-state index is 12.0. The number of carbonyl (C=O) groups excluding carboxylic acids is 1. The van der Waals surface area contributed by atoms with Crippen molar-refractivity contribution in [1.29, 1.82) is 0 Å². The molecule has 2 fully saturated rings. The molecular formula is C16H26N6O. The Morgan fingerprint density at radius 2 is 2.04 bits per heavy atom. The number of hydrogen-bond donors (Lipinski definition) is 1. The maximum Gasteiger partial charge on any atom is 0.227 e. The van der Waals surface area contributed by atoms with E-state index < -0.39 is 0 Å². The Morgan fingerprint density at radius 3 is 2.83 bits per heavy atom. The lowest BCUT2D eigenvalue weighted by molar-refractivity contribution is -0.129. The number of anilines is 2. The van der Waals surface area contributed by atoms with Crippen molar-refractivity contribution in [2.24, 2.45) is 0 Å². The first-order valence-electron chi connectivity index (χ1n) is 8.25. The summed E-state index contributed by atoms with van der Waals surface area (Å²) in [7, 11) is 5.95. The van der Waals surface area contributed by atoms with Gasteiger partial charge in [0, 0.05) is 58.4 Å². The monoisotopic (exact) mass is 318 g/mol. The summed E-state index contributed by atoms with van der Waals surface area (Å²) in [5.41, 5.74) is 0.0255. The lowest BCUT2D eigenvalue weighted by Crippen LogP contribution is -2.61. The van der Waals surface area contributed by atoms with Crippen molar-refractivity contribution >= 4 is 17.7 Å². The first-order chi connectivity index (χ1) is 11.0. The zero-order valence-corrected chi connectivity index (χ0v) is 14.2. The predicted molar refractivity (Wildman–Crippen MR) is 90.6 cm³/mol. The molecule has 2 aliphatic rings. The summed E-state index contributed by atoms with van der Waals surface area (Å²) in [6, 6.07) is 1.87. The minimum absolute atomic E-state index is 0.0255. The molecule has 2 aliphatic heterocycles. The molecule has 0 aromatic carbocycles. The number of carbonyl (C=O) groups is 1. The standard InChI is InChI=1S/C16H26N6O/c1-17-13-5-8-18-15(19-13)22-11-10-21(3)16(12-22)6-4-14(23)20(2)9-7-16/h5,8H,4,6-7,9-12H2,1-3H3,(H,17,18,19). The van der Waals surface area contributed by atoms with Crippen molar-refractivity contribution in [2.45, 2.75) is 24.8 Å². The molecule has 0 saturated carbocycles. The van der Waals surface area contributed by atoms with E-state index in [0.717, 1.165) is 50.8 Å². The van der Waals surface area contributed by atoms with Crippen LogP contribution in [0.1, 0.15) is 19.3 Å². The van der Waals surface area contributed by atoms with Gasteiger partial charge in [-0.3, -0.25) is 9.69 Å². The van der Waals surface area contributed by atoms with Gasteiger partial charge < -0.3 is 15.1 Å². The first-order valence-corrected chi connectivity index (χ1v) is 8.25. The predicted octanol–water partition coefficient (Wildman–Crippen LogP) is 0.651. The molecule has 1 spiro atoms. The van der Waals surface area contributed by atoms with Crippen molar-refractivity contribution in [3.63, 3.8) is 0 Å². The Kier molecular flexibility index (Phi) is 4.39. The van der Waals surface area contributed by atoms with Gasteiger partial charge in [0.2, 0.25) is 11.9 Å². The van der Waals surface area contributed by atoms with Gasteiger partial charge in [0.05, 0.1) is 0 Å². The summed E-state index contributed by atoms with van der Waals surface area (Å²) in [5, 5.41) is 3.07. The summed E-state index contributed by atoms with van der Waals surface area (Å²) in [6.07, 6.45) is 4.30. The van der Waals surface area contributed by atoms with Gasteiger partial charge in [-0.1, -0.05) is 0 Å². The summed E-state index contributed by atoms with van der Waals surface area (Å²) < 4.78 is 0. The van der Waals surface area contributed by atoms with Gasteiger partial charge in [0.25, 0.3) is 0 Å². The van der Waals surface area contributed by atoms with Gasteiger partial charge in [-0.25, -0.2) is 4.98 Å². The molecule has 126 valence electrons. The Bertz CT molecular complexity index is 579. The van der Waals surface area contributed by atoms with Gasteiger partial charge in [-0.15, -0.1) is 0 Å². The SMILES string of the molecule is CNc1ccnc(N2CCN(C)C3(CCC(=O)N(C)CC3)C2)n1. The van der Waals surface area contributed by atoms with Gasteiger partial charge in [-0.2, -0.15) is 4.98 Å². The molecule has 1 atom stereocenters. The molecule has 3 rings (SSSR count). The third-order valence-corrected chi connectivity index (χ3v) is 5.32. The van der Waals surface area contributed by atoms with Crippen LogP contribution in [0.25, 0.3) is 0 Å². The zero-order valence-electron chi connectivity index (χ0n) is 14.2. The average Bonchev–Trinajstić information content (AvgIpc) is 2.72. The summed E-state index contributed by atoms with van der Waals surface area (Å²) in [4.78, 5) is 27.6. The van der Waals surface area contributed by atoms with E-state index in [1.54, 1.807) is 6.20 Å². The fraction of sp³-hybridized carbons (Fsp3) is 0.688. The molecule has 1 N–H and O–H groups in total. The number of piperazine rings is 1. The van der Waals surface area contributed by atoms with Crippen LogP contribution in [-0.2, 0) is 4.79 Å². The first kappa shape index (κ1) is 16.0. The van der Waals surface area contributed by atoms with E-state index >= 15 is 0 Å². The minimum Gasteiger partial charge on any atom is -0.373 e. The largest absolute Gasteiger partial charge is 0.373 e. The molecule has 0 bridgehead atoms. The lowest BCUT2D eigenvalue weighted by atomic mass is 9.86. The minimum atomic E-state index is 0.0255. The molecule has 0 radical (unpaired) electrons. The van der Waals surface area contributed by atoms with Crippen LogP contribution in [-0.4, -0.2) is 78.5 Å². The van der Waals surface area contributed by atoms with Gasteiger partial charge in [-0.05, 0) is 26.0 Å². The van der Waals surface area contributed by atoms with Gasteiger partial charge in [0.1, 0.15) is 5.82 Å². The molecule has 1 aromatic rings. The van der Waals surface area contributed by atoms with Crippen molar-refractivity contribution in [3.8, 4) is 0 Å². The number of hydrogen-bond acceptors (Lipinski definition) is 6. The highest BCUT2D eigenvalue weighted by Gasteiger charge is 2.42. The quantitative estimate of drug-likeness (QED) is 0.864. The molecule has 7 nitrogen and oxygen atoms in total. The second kappa shape index (κ2) is 6.31. The van der Waals surface area contributed by atoms with Crippen LogP contribution in [0.3, 0.4) is 0 Å². The summed E-state index contributed by atoms with van der Waals surface area (Å²) in [6.45, 7) is 3.56. The van der Waals surface area contributed by atoms with E-state index in [4.69, 9.17) is 0 Å². The van der Waals surface area contributed by atoms with Crippen molar-refractivity contribution in [1.82, 2.24) is 19.8 Å². The summed E-state index contributed by atoms with van der Waals surface area (Å²) in [5.74, 6) is 1.85. The zero-order chi connectivity index (χ0) is 16.4. The van der Waals surface area contributed by atoms with Crippen LogP contribution in [0, 0.1) is 0 Å². The van der Waals surface area contributed by atoms with Gasteiger partial charge >= 0.3 is 0 Å². The highest BCUT2D eigenvalue weighted by Crippen LogP contribution is 2.33. The fourth-order valence-corrected chi connectivity index (χ4v) is 3.57. The maximum absolute atomic E-state index is 12.0. The smallest absolute Gasteiger partial charge is 0.227 e. The van der Waals surface area contributed by atoms with Crippen LogP contribution in [0.15, 0.2) is 12.3 Å². The fourth-order valence-electron chi connectivity index (χ4n) is 3.57. The second-order valence-electron chi connectivity index (χ2n) is 6.62. The average molecular weight is 318 g/mol. The summed E-state index contributed by atoms with van der Waals surface area (Å²) >= 11 is 0. The number of likely N-dealkylation sites (N-methyl/N-ethyl adjacent to an activating group) is 1.